The van der Waals surface area contributed by atoms with Gasteiger partial charge in [-0.05, 0) is 25.5 Å². The van der Waals surface area contributed by atoms with Crippen LogP contribution in [-0.2, 0) is 0 Å². The Hall–Kier alpha value is -0.870. The predicted octanol–water partition coefficient (Wildman–Crippen LogP) is 2.46. The van der Waals surface area contributed by atoms with Gasteiger partial charge in [0.25, 0.3) is 5.91 Å². The van der Waals surface area contributed by atoms with E-state index in [4.69, 9.17) is 0 Å². The molecule has 0 atom stereocenters. The zero-order valence-corrected chi connectivity index (χ0v) is 13.2. The second-order valence-corrected chi connectivity index (χ2v) is 5.93. The van der Waals surface area contributed by atoms with E-state index in [9.17, 15) is 4.79 Å². The SMILES string of the molecule is Cc1ccc(C(=O)N2CCN(CCBr)CC2)c(C)c1. The summed E-state index contributed by atoms with van der Waals surface area (Å²) < 4.78 is 0. The molecule has 1 amide bonds. The molecule has 2 rings (SSSR count). The standard InChI is InChI=1S/C15H21BrN2O/c1-12-3-4-14(13(2)11-12)15(19)18-9-7-17(6-5-16)8-10-18/h3-4,11H,5-10H2,1-2H3. The van der Waals surface area contributed by atoms with E-state index in [-0.39, 0.29) is 5.91 Å². The minimum atomic E-state index is 0.177. The monoisotopic (exact) mass is 324 g/mol. The van der Waals surface area contributed by atoms with Gasteiger partial charge in [0.2, 0.25) is 0 Å². The number of halogens is 1. The van der Waals surface area contributed by atoms with Crippen LogP contribution in [0.25, 0.3) is 0 Å². The van der Waals surface area contributed by atoms with Gasteiger partial charge in [0, 0.05) is 43.6 Å². The molecular weight excluding hydrogens is 304 g/mol. The maximum absolute atomic E-state index is 12.5. The summed E-state index contributed by atoms with van der Waals surface area (Å²) in [6.45, 7) is 8.75. The van der Waals surface area contributed by atoms with E-state index in [2.05, 4.69) is 33.8 Å². The molecule has 1 aliphatic rings. The molecule has 1 heterocycles. The van der Waals surface area contributed by atoms with E-state index in [1.165, 1.54) is 5.56 Å². The molecule has 0 saturated carbocycles. The second kappa shape index (κ2) is 6.53. The molecule has 1 saturated heterocycles. The van der Waals surface area contributed by atoms with Crippen LogP contribution in [0, 0.1) is 13.8 Å². The summed E-state index contributed by atoms with van der Waals surface area (Å²) in [6, 6.07) is 6.05. The van der Waals surface area contributed by atoms with E-state index in [0.29, 0.717) is 0 Å². The van der Waals surface area contributed by atoms with Crippen molar-refractivity contribution in [2.75, 3.05) is 38.1 Å². The molecule has 0 spiro atoms. The first kappa shape index (κ1) is 14.5. The van der Waals surface area contributed by atoms with Crippen LogP contribution in [0.1, 0.15) is 21.5 Å². The normalized spacial score (nSPS) is 16.7. The van der Waals surface area contributed by atoms with Crippen molar-refractivity contribution < 1.29 is 4.79 Å². The van der Waals surface area contributed by atoms with Crippen molar-refractivity contribution in [1.29, 1.82) is 0 Å². The molecular formula is C15H21BrN2O. The van der Waals surface area contributed by atoms with Gasteiger partial charge >= 0.3 is 0 Å². The van der Waals surface area contributed by atoms with Crippen molar-refractivity contribution in [3.63, 3.8) is 0 Å². The van der Waals surface area contributed by atoms with E-state index < -0.39 is 0 Å². The molecule has 1 aliphatic heterocycles. The van der Waals surface area contributed by atoms with Gasteiger partial charge in [-0.1, -0.05) is 33.6 Å². The third kappa shape index (κ3) is 3.57. The Morgan fingerprint density at radius 2 is 1.89 bits per heavy atom. The lowest BCUT2D eigenvalue weighted by Crippen LogP contribution is -2.49. The molecule has 0 N–H and O–H groups in total. The van der Waals surface area contributed by atoms with E-state index in [1.807, 2.05) is 24.0 Å². The highest BCUT2D eigenvalue weighted by atomic mass is 79.9. The van der Waals surface area contributed by atoms with Crippen LogP contribution in [0.5, 0.6) is 0 Å². The first-order chi connectivity index (χ1) is 9.11. The highest BCUT2D eigenvalue weighted by Gasteiger charge is 2.22. The number of amides is 1. The van der Waals surface area contributed by atoms with Crippen LogP contribution in [0.3, 0.4) is 0 Å². The number of piperazine rings is 1. The van der Waals surface area contributed by atoms with Crippen molar-refractivity contribution >= 4 is 21.8 Å². The van der Waals surface area contributed by atoms with Crippen LogP contribution < -0.4 is 0 Å². The summed E-state index contributed by atoms with van der Waals surface area (Å²) in [5.74, 6) is 0.177. The van der Waals surface area contributed by atoms with E-state index >= 15 is 0 Å². The number of alkyl halides is 1. The number of hydrogen-bond acceptors (Lipinski definition) is 2. The van der Waals surface area contributed by atoms with Gasteiger partial charge in [0.05, 0.1) is 0 Å². The van der Waals surface area contributed by atoms with Crippen molar-refractivity contribution in [3.8, 4) is 0 Å². The van der Waals surface area contributed by atoms with Gasteiger partial charge < -0.3 is 4.90 Å². The fourth-order valence-corrected chi connectivity index (χ4v) is 3.02. The van der Waals surface area contributed by atoms with Gasteiger partial charge in [0.1, 0.15) is 0 Å². The van der Waals surface area contributed by atoms with Crippen molar-refractivity contribution in [2.45, 2.75) is 13.8 Å². The molecule has 0 aromatic heterocycles. The zero-order chi connectivity index (χ0) is 13.8. The number of nitrogens with zero attached hydrogens (tertiary/aromatic N) is 2. The largest absolute Gasteiger partial charge is 0.336 e. The highest BCUT2D eigenvalue weighted by Crippen LogP contribution is 2.14. The van der Waals surface area contributed by atoms with E-state index in [0.717, 1.165) is 49.2 Å². The average molecular weight is 325 g/mol. The number of carbonyl (C=O) groups excluding carboxylic acids is 1. The summed E-state index contributed by atoms with van der Waals surface area (Å²) >= 11 is 3.46. The number of carbonyl (C=O) groups is 1. The summed E-state index contributed by atoms with van der Waals surface area (Å²) in [6.07, 6.45) is 0. The third-order valence-electron chi connectivity index (χ3n) is 3.67. The van der Waals surface area contributed by atoms with Gasteiger partial charge in [-0.15, -0.1) is 0 Å². The maximum atomic E-state index is 12.5. The number of hydrogen-bond donors (Lipinski definition) is 0. The molecule has 3 nitrogen and oxygen atoms in total. The van der Waals surface area contributed by atoms with Gasteiger partial charge in [-0.3, -0.25) is 9.69 Å². The number of benzene rings is 1. The molecule has 1 fully saturated rings. The Morgan fingerprint density at radius 3 is 2.47 bits per heavy atom. The van der Waals surface area contributed by atoms with Crippen LogP contribution in [0.2, 0.25) is 0 Å². The molecule has 1 aromatic rings. The summed E-state index contributed by atoms with van der Waals surface area (Å²) in [5, 5.41) is 0.998. The summed E-state index contributed by atoms with van der Waals surface area (Å²) in [7, 11) is 0. The van der Waals surface area contributed by atoms with Crippen LogP contribution >= 0.6 is 15.9 Å². The van der Waals surface area contributed by atoms with Gasteiger partial charge in [0.15, 0.2) is 0 Å². The fraction of sp³-hybridized carbons (Fsp3) is 0.533. The van der Waals surface area contributed by atoms with Crippen molar-refractivity contribution in [1.82, 2.24) is 9.80 Å². The Kier molecular flexibility index (Phi) is 4.99. The lowest BCUT2D eigenvalue weighted by Gasteiger charge is -2.34. The van der Waals surface area contributed by atoms with E-state index in [1.54, 1.807) is 0 Å². The fourth-order valence-electron chi connectivity index (χ4n) is 2.52. The minimum absolute atomic E-state index is 0.177. The molecule has 19 heavy (non-hydrogen) atoms. The quantitative estimate of drug-likeness (QED) is 0.797. The molecule has 0 aliphatic carbocycles. The Bertz CT molecular complexity index is 453. The maximum Gasteiger partial charge on any atom is 0.254 e. The summed E-state index contributed by atoms with van der Waals surface area (Å²) in [5.41, 5.74) is 3.13. The molecule has 1 aromatic carbocycles. The molecule has 4 heteroatoms. The predicted molar refractivity (Wildman–Crippen MR) is 82.1 cm³/mol. The topological polar surface area (TPSA) is 23.6 Å². The smallest absolute Gasteiger partial charge is 0.254 e. The minimum Gasteiger partial charge on any atom is -0.336 e. The van der Waals surface area contributed by atoms with Crippen LogP contribution in [0.15, 0.2) is 18.2 Å². The van der Waals surface area contributed by atoms with Crippen molar-refractivity contribution in [2.24, 2.45) is 0 Å². The molecule has 0 bridgehead atoms. The summed E-state index contributed by atoms with van der Waals surface area (Å²) in [4.78, 5) is 16.9. The third-order valence-corrected chi connectivity index (χ3v) is 4.03. The van der Waals surface area contributed by atoms with Gasteiger partial charge in [-0.2, -0.15) is 0 Å². The second-order valence-electron chi connectivity index (χ2n) is 5.14. The number of rotatable bonds is 3. The van der Waals surface area contributed by atoms with Gasteiger partial charge in [-0.25, -0.2) is 0 Å². The van der Waals surface area contributed by atoms with Crippen molar-refractivity contribution in [3.05, 3.63) is 34.9 Å². The lowest BCUT2D eigenvalue weighted by atomic mass is 10.0. The average Bonchev–Trinajstić information content (AvgIpc) is 2.39. The van der Waals surface area contributed by atoms with Crippen LogP contribution in [-0.4, -0.2) is 53.8 Å². The Labute approximate surface area is 123 Å². The molecule has 0 radical (unpaired) electrons. The highest BCUT2D eigenvalue weighted by molar-refractivity contribution is 9.09. The molecule has 0 unspecified atom stereocenters. The van der Waals surface area contributed by atoms with Crippen LogP contribution in [0.4, 0.5) is 0 Å². The zero-order valence-electron chi connectivity index (χ0n) is 11.7. The lowest BCUT2D eigenvalue weighted by molar-refractivity contribution is 0.0644. The Morgan fingerprint density at radius 1 is 1.21 bits per heavy atom. The molecule has 104 valence electrons. The number of aryl methyl sites for hydroxylation is 2. The Balaban J connectivity index is 2.01. The first-order valence-electron chi connectivity index (χ1n) is 6.76. The first-order valence-corrected chi connectivity index (χ1v) is 7.89.